The van der Waals surface area contributed by atoms with Crippen LogP contribution in [-0.2, 0) is 6.42 Å². The van der Waals surface area contributed by atoms with E-state index >= 15 is 0 Å². The second-order valence-electron chi connectivity index (χ2n) is 20.9. The Kier molecular flexibility index (Phi) is 30.2. The molecule has 0 radical (unpaired) electrons. The van der Waals surface area contributed by atoms with E-state index in [1.165, 1.54) is 164 Å². The minimum absolute atomic E-state index is 0.677. The highest BCUT2D eigenvalue weighted by atomic mass is 16.5. The van der Waals surface area contributed by atoms with Crippen LogP contribution in [-0.4, -0.2) is 53.0 Å². The molecule has 4 aromatic carbocycles. The average Bonchev–Trinajstić information content (AvgIpc) is 3.47. The van der Waals surface area contributed by atoms with Crippen molar-refractivity contribution in [1.82, 2.24) is 19.9 Å². The van der Waals surface area contributed by atoms with Crippen molar-refractivity contribution >= 4 is 0 Å². The van der Waals surface area contributed by atoms with Gasteiger partial charge in [-0.15, -0.1) is 0 Å². The number of unbranched alkanes of at least 4 members (excludes halogenated alkanes) is 24. The molecule has 9 heteroatoms. The van der Waals surface area contributed by atoms with E-state index in [1.54, 1.807) is 24.8 Å². The normalized spacial score (nSPS) is 11.2. The van der Waals surface area contributed by atoms with Gasteiger partial charge in [0.15, 0.2) is 23.1 Å². The van der Waals surface area contributed by atoms with Crippen molar-refractivity contribution < 1.29 is 23.7 Å². The number of benzene rings is 4. The lowest BCUT2D eigenvalue weighted by Crippen LogP contribution is -2.00. The standard InChI is InChI=1S/C68H94N4O5/c1-3-5-7-9-19-25-31-57-32-34-58(35-33-57)59-36-42-62(43-37-59)73-48-26-21-15-12-11-13-16-22-27-49-74-63-44-38-61(39-45-63)68-71-55-66(56-72-68)77-52-30-24-18-14-17-23-28-50-75-64-46-40-60(41-47-64)67-69-53-65(54-70-67)76-51-29-20-10-8-6-4-2/h32-47,53-56H,3-31,48-52H2,1-2H3. The van der Waals surface area contributed by atoms with Gasteiger partial charge in [0.1, 0.15) is 17.2 Å². The first-order chi connectivity index (χ1) is 38.2. The molecule has 0 aliphatic carbocycles. The van der Waals surface area contributed by atoms with Gasteiger partial charge in [0, 0.05) is 11.1 Å². The van der Waals surface area contributed by atoms with E-state index in [1.807, 2.05) is 48.5 Å². The van der Waals surface area contributed by atoms with Gasteiger partial charge in [0.05, 0.1) is 57.8 Å². The number of aryl methyl sites for hydroxylation is 1. The third-order valence-electron chi connectivity index (χ3n) is 14.4. The van der Waals surface area contributed by atoms with Gasteiger partial charge in [-0.3, -0.25) is 0 Å². The molecule has 9 nitrogen and oxygen atoms in total. The molecule has 0 N–H and O–H groups in total. The fraction of sp³-hybridized carbons (Fsp3) is 0.529. The zero-order valence-corrected chi connectivity index (χ0v) is 47.4. The molecule has 0 saturated carbocycles. The van der Waals surface area contributed by atoms with Crippen LogP contribution in [0.4, 0.5) is 0 Å². The molecule has 0 spiro atoms. The summed E-state index contributed by atoms with van der Waals surface area (Å²) in [4.78, 5) is 18.2. The molecule has 0 fully saturated rings. The first kappa shape index (κ1) is 60.3. The molecule has 0 saturated heterocycles. The number of hydrogen-bond donors (Lipinski definition) is 0. The molecule has 6 rings (SSSR count). The lowest BCUT2D eigenvalue weighted by molar-refractivity contribution is 0.298. The molecular weight excluding hydrogens is 953 g/mol. The summed E-state index contributed by atoms with van der Waals surface area (Å²) in [7, 11) is 0. The van der Waals surface area contributed by atoms with Gasteiger partial charge in [0.25, 0.3) is 0 Å². The van der Waals surface area contributed by atoms with Crippen molar-refractivity contribution in [2.45, 2.75) is 200 Å². The van der Waals surface area contributed by atoms with E-state index in [0.29, 0.717) is 30.6 Å². The van der Waals surface area contributed by atoms with Crippen molar-refractivity contribution in [1.29, 1.82) is 0 Å². The van der Waals surface area contributed by atoms with Crippen LogP contribution in [0, 0.1) is 0 Å². The Morgan fingerprint density at radius 2 is 0.494 bits per heavy atom. The lowest BCUT2D eigenvalue weighted by atomic mass is 10.0. The Balaban J connectivity index is 0.689. The summed E-state index contributed by atoms with van der Waals surface area (Å²) in [5, 5.41) is 0. The van der Waals surface area contributed by atoms with Crippen molar-refractivity contribution in [2.75, 3.05) is 33.0 Å². The zero-order chi connectivity index (χ0) is 53.5. The van der Waals surface area contributed by atoms with Crippen LogP contribution in [0.25, 0.3) is 33.9 Å². The summed E-state index contributed by atoms with van der Waals surface area (Å²) in [6.45, 7) is 8.17. The van der Waals surface area contributed by atoms with Crippen molar-refractivity contribution in [3.63, 3.8) is 0 Å². The van der Waals surface area contributed by atoms with Crippen molar-refractivity contribution in [3.8, 4) is 62.7 Å². The predicted molar refractivity (Wildman–Crippen MR) is 319 cm³/mol. The summed E-state index contributed by atoms with van der Waals surface area (Å²) in [5.74, 6) is 5.55. The topological polar surface area (TPSA) is 97.7 Å². The van der Waals surface area contributed by atoms with Crippen molar-refractivity contribution in [3.05, 3.63) is 127 Å². The third-order valence-corrected chi connectivity index (χ3v) is 14.4. The summed E-state index contributed by atoms with van der Waals surface area (Å²) in [6.07, 6.45) is 42.9. The van der Waals surface area contributed by atoms with Crippen LogP contribution in [0.1, 0.15) is 199 Å². The lowest BCUT2D eigenvalue weighted by Gasteiger charge is -2.09. The van der Waals surface area contributed by atoms with Crippen LogP contribution < -0.4 is 23.7 Å². The number of rotatable bonds is 44. The SMILES string of the molecule is CCCCCCCCOc1cnc(-c2ccc(OCCCCCCCCCOc3cnc(-c4ccc(OCCCCCCCCCCCOc5ccc(-c6ccc(CCCCCCCC)cc6)cc5)cc4)nc3)cc2)nc1. The largest absolute Gasteiger partial charge is 0.494 e. The molecular formula is C68H94N4O5. The smallest absolute Gasteiger partial charge is 0.159 e. The van der Waals surface area contributed by atoms with E-state index in [4.69, 9.17) is 23.7 Å². The van der Waals surface area contributed by atoms with Gasteiger partial charge in [-0.1, -0.05) is 192 Å². The quantitative estimate of drug-likeness (QED) is 0.0347. The van der Waals surface area contributed by atoms with Crippen molar-refractivity contribution in [2.24, 2.45) is 0 Å². The molecule has 77 heavy (non-hydrogen) atoms. The molecule has 0 atom stereocenters. The van der Waals surface area contributed by atoms with E-state index in [0.717, 1.165) is 92.5 Å². The summed E-state index contributed by atoms with van der Waals surface area (Å²) in [6, 6.07) is 33.9. The first-order valence-electron chi connectivity index (χ1n) is 30.3. The second kappa shape index (κ2) is 38.6. The van der Waals surface area contributed by atoms with Gasteiger partial charge in [-0.2, -0.15) is 0 Å². The van der Waals surface area contributed by atoms with Crippen LogP contribution >= 0.6 is 0 Å². The molecule has 6 aromatic rings. The summed E-state index contributed by atoms with van der Waals surface area (Å²) >= 11 is 0. The van der Waals surface area contributed by atoms with Crippen LogP contribution in [0.5, 0.6) is 28.7 Å². The fourth-order valence-corrected chi connectivity index (χ4v) is 9.56. The number of aromatic nitrogens is 4. The number of ether oxygens (including phenoxy) is 5. The summed E-state index contributed by atoms with van der Waals surface area (Å²) in [5.41, 5.74) is 5.91. The molecule has 0 bridgehead atoms. The zero-order valence-electron chi connectivity index (χ0n) is 47.4. The Labute approximate surface area is 464 Å². The highest BCUT2D eigenvalue weighted by molar-refractivity contribution is 5.64. The Bertz CT molecular complexity index is 2360. The third kappa shape index (κ3) is 25.4. The fourth-order valence-electron chi connectivity index (χ4n) is 9.56. The summed E-state index contributed by atoms with van der Waals surface area (Å²) < 4.78 is 29.9. The van der Waals surface area contributed by atoms with Gasteiger partial charge in [-0.25, -0.2) is 19.9 Å². The minimum Gasteiger partial charge on any atom is -0.494 e. The van der Waals surface area contributed by atoms with E-state index < -0.39 is 0 Å². The Hall–Kier alpha value is -5.96. The average molecular weight is 1050 g/mol. The van der Waals surface area contributed by atoms with E-state index in [9.17, 15) is 0 Å². The van der Waals surface area contributed by atoms with Gasteiger partial charge >= 0.3 is 0 Å². The monoisotopic (exact) mass is 1050 g/mol. The van der Waals surface area contributed by atoms with Gasteiger partial charge < -0.3 is 23.7 Å². The molecule has 416 valence electrons. The maximum atomic E-state index is 6.07. The molecule has 0 unspecified atom stereocenters. The van der Waals surface area contributed by atoms with Crippen LogP contribution in [0.2, 0.25) is 0 Å². The Morgan fingerprint density at radius 3 is 0.805 bits per heavy atom. The maximum Gasteiger partial charge on any atom is 0.159 e. The second-order valence-corrected chi connectivity index (χ2v) is 20.9. The van der Waals surface area contributed by atoms with E-state index in [-0.39, 0.29) is 0 Å². The Morgan fingerprint density at radius 1 is 0.247 bits per heavy atom. The van der Waals surface area contributed by atoms with Crippen LogP contribution in [0.3, 0.4) is 0 Å². The highest BCUT2D eigenvalue weighted by Crippen LogP contribution is 2.26. The highest BCUT2D eigenvalue weighted by Gasteiger charge is 2.07. The van der Waals surface area contributed by atoms with Crippen LogP contribution in [0.15, 0.2) is 122 Å². The minimum atomic E-state index is 0.677. The predicted octanol–water partition coefficient (Wildman–Crippen LogP) is 19.1. The number of nitrogens with zero attached hydrogens (tertiary/aromatic N) is 4. The number of hydrogen-bond acceptors (Lipinski definition) is 9. The molecule has 2 heterocycles. The first-order valence-corrected chi connectivity index (χ1v) is 30.3. The van der Waals surface area contributed by atoms with E-state index in [2.05, 4.69) is 82.3 Å². The molecule has 2 aromatic heterocycles. The molecule has 0 amide bonds. The molecule has 0 aliphatic rings. The molecule has 0 aliphatic heterocycles. The van der Waals surface area contributed by atoms with Gasteiger partial charge in [0.2, 0.25) is 0 Å². The maximum absolute atomic E-state index is 6.07. The van der Waals surface area contributed by atoms with Gasteiger partial charge in [-0.05, 0) is 122 Å².